The lowest BCUT2D eigenvalue weighted by atomic mass is 10.1. The molecule has 0 saturated carbocycles. The second kappa shape index (κ2) is 12.0. The highest BCUT2D eigenvalue weighted by atomic mass is 32.2. The summed E-state index contributed by atoms with van der Waals surface area (Å²) in [5, 5.41) is 0. The smallest absolute Gasteiger partial charge is 0.409 e. The predicted octanol–water partition coefficient (Wildman–Crippen LogP) is 2.58. The summed E-state index contributed by atoms with van der Waals surface area (Å²) in [7, 11) is -3.99. The van der Waals surface area contributed by atoms with Crippen LogP contribution >= 0.6 is 0 Å². The molecule has 0 aromatic heterocycles. The first-order chi connectivity index (χ1) is 16.7. The molecule has 1 atom stereocenters. The van der Waals surface area contributed by atoms with Crippen LogP contribution in [0, 0.1) is 6.92 Å². The van der Waals surface area contributed by atoms with E-state index in [9.17, 15) is 18.0 Å². The van der Waals surface area contributed by atoms with Gasteiger partial charge in [0.05, 0.1) is 18.1 Å². The van der Waals surface area contributed by atoms with Gasteiger partial charge < -0.3 is 19.3 Å². The molecule has 190 valence electrons. The highest BCUT2D eigenvalue weighted by Gasteiger charge is 2.32. The third kappa shape index (κ3) is 6.95. The highest BCUT2D eigenvalue weighted by Crippen LogP contribution is 2.22. The summed E-state index contributed by atoms with van der Waals surface area (Å²) in [4.78, 5) is 28.7. The molecule has 2 aromatic rings. The number of piperazine rings is 1. The number of rotatable bonds is 9. The molecular weight excluding hydrogens is 470 g/mol. The number of benzene rings is 2. The van der Waals surface area contributed by atoms with Crippen LogP contribution in [0.3, 0.4) is 0 Å². The molecule has 1 fully saturated rings. The van der Waals surface area contributed by atoms with E-state index in [1.54, 1.807) is 29.7 Å². The maximum absolute atomic E-state index is 13.5. The van der Waals surface area contributed by atoms with Crippen LogP contribution in [0.2, 0.25) is 0 Å². The van der Waals surface area contributed by atoms with Gasteiger partial charge in [0.2, 0.25) is 15.9 Å². The Morgan fingerprint density at radius 3 is 2.23 bits per heavy atom. The molecule has 1 saturated heterocycles. The molecule has 0 aliphatic carbocycles. The SMILES string of the molecule is CCOC(=O)N1CCN(C(=O)C(Cc2ccccc2)NS(=O)(=O)c2ccc(OCC)c(C)c2)CC1. The number of aryl methyl sites for hydroxylation is 1. The van der Waals surface area contributed by atoms with Crippen LogP contribution in [0.1, 0.15) is 25.0 Å². The van der Waals surface area contributed by atoms with Crippen LogP contribution in [0.4, 0.5) is 4.79 Å². The zero-order valence-electron chi connectivity index (χ0n) is 20.4. The van der Waals surface area contributed by atoms with Crippen LogP contribution in [-0.2, 0) is 26.0 Å². The highest BCUT2D eigenvalue weighted by molar-refractivity contribution is 7.89. The first-order valence-electron chi connectivity index (χ1n) is 11.7. The molecule has 2 amide bonds. The van der Waals surface area contributed by atoms with E-state index in [-0.39, 0.29) is 23.8 Å². The molecule has 1 aliphatic heterocycles. The van der Waals surface area contributed by atoms with Crippen molar-refractivity contribution in [2.45, 2.75) is 38.1 Å². The van der Waals surface area contributed by atoms with Gasteiger partial charge in [-0.2, -0.15) is 4.72 Å². The van der Waals surface area contributed by atoms with Crippen LogP contribution < -0.4 is 9.46 Å². The molecule has 0 spiro atoms. The Balaban J connectivity index is 1.79. The number of hydrogen-bond donors (Lipinski definition) is 1. The number of nitrogens with zero attached hydrogens (tertiary/aromatic N) is 2. The Hall–Kier alpha value is -3.11. The lowest BCUT2D eigenvalue weighted by molar-refractivity contribution is -0.134. The van der Waals surface area contributed by atoms with Crippen molar-refractivity contribution in [1.29, 1.82) is 0 Å². The fourth-order valence-corrected chi connectivity index (χ4v) is 5.21. The van der Waals surface area contributed by atoms with Crippen molar-refractivity contribution in [3.05, 3.63) is 59.7 Å². The first-order valence-corrected chi connectivity index (χ1v) is 13.2. The summed E-state index contributed by atoms with van der Waals surface area (Å²) >= 11 is 0. The molecule has 0 radical (unpaired) electrons. The van der Waals surface area contributed by atoms with E-state index in [2.05, 4.69) is 4.72 Å². The molecule has 10 heteroatoms. The minimum Gasteiger partial charge on any atom is -0.494 e. The molecule has 35 heavy (non-hydrogen) atoms. The number of carbonyl (C=O) groups is 2. The van der Waals surface area contributed by atoms with Gasteiger partial charge >= 0.3 is 6.09 Å². The number of amides is 2. The Bertz CT molecular complexity index is 1120. The Morgan fingerprint density at radius 1 is 0.971 bits per heavy atom. The van der Waals surface area contributed by atoms with Gasteiger partial charge in [0.15, 0.2) is 0 Å². The normalized spacial score (nSPS) is 14.9. The summed E-state index contributed by atoms with van der Waals surface area (Å²) < 4.78 is 39.7. The quantitative estimate of drug-likeness (QED) is 0.564. The lowest BCUT2D eigenvalue weighted by Crippen LogP contribution is -2.56. The predicted molar refractivity (Wildman–Crippen MR) is 132 cm³/mol. The van der Waals surface area contributed by atoms with Crippen molar-refractivity contribution in [3.8, 4) is 5.75 Å². The van der Waals surface area contributed by atoms with Gasteiger partial charge in [-0.3, -0.25) is 4.79 Å². The summed E-state index contributed by atoms with van der Waals surface area (Å²) in [5.74, 6) is 0.284. The van der Waals surface area contributed by atoms with E-state index in [1.165, 1.54) is 12.1 Å². The molecule has 3 rings (SSSR count). The molecule has 1 unspecified atom stereocenters. The molecule has 9 nitrogen and oxygen atoms in total. The minimum atomic E-state index is -3.99. The summed E-state index contributed by atoms with van der Waals surface area (Å²) in [6.45, 7) is 7.38. The Labute approximate surface area is 207 Å². The van der Waals surface area contributed by atoms with Crippen LogP contribution in [-0.4, -0.2) is 75.7 Å². The third-order valence-corrected chi connectivity index (χ3v) is 7.22. The first kappa shape index (κ1) is 26.5. The van der Waals surface area contributed by atoms with Crippen molar-refractivity contribution < 1.29 is 27.5 Å². The van der Waals surface area contributed by atoms with Crippen molar-refractivity contribution in [2.24, 2.45) is 0 Å². The van der Waals surface area contributed by atoms with E-state index in [4.69, 9.17) is 9.47 Å². The summed E-state index contributed by atoms with van der Waals surface area (Å²) in [5.41, 5.74) is 1.53. The van der Waals surface area contributed by atoms with Gasteiger partial charge in [0.1, 0.15) is 11.8 Å². The largest absolute Gasteiger partial charge is 0.494 e. The maximum Gasteiger partial charge on any atom is 0.409 e. The zero-order chi connectivity index (χ0) is 25.4. The van der Waals surface area contributed by atoms with Gasteiger partial charge in [-0.25, -0.2) is 13.2 Å². The number of nitrogens with one attached hydrogen (secondary N) is 1. The average molecular weight is 504 g/mol. The van der Waals surface area contributed by atoms with Crippen molar-refractivity contribution in [2.75, 3.05) is 39.4 Å². The van der Waals surface area contributed by atoms with Crippen LogP contribution in [0.15, 0.2) is 53.4 Å². The van der Waals surface area contributed by atoms with E-state index in [0.717, 1.165) is 5.56 Å². The van der Waals surface area contributed by atoms with E-state index in [0.29, 0.717) is 44.1 Å². The standard InChI is InChI=1S/C25H33N3O6S/c1-4-33-23-12-11-21(17-19(23)3)35(31,32)26-22(18-20-9-7-6-8-10-20)24(29)27-13-15-28(16-14-27)25(30)34-5-2/h6-12,17,22,26H,4-5,13-16,18H2,1-3H3. The fraction of sp³-hybridized carbons (Fsp3) is 0.440. The molecule has 0 bridgehead atoms. The van der Waals surface area contributed by atoms with Crippen LogP contribution in [0.5, 0.6) is 5.75 Å². The van der Waals surface area contributed by atoms with E-state index < -0.39 is 22.2 Å². The maximum atomic E-state index is 13.5. The third-order valence-electron chi connectivity index (χ3n) is 5.75. The van der Waals surface area contributed by atoms with Gasteiger partial charge in [-0.05, 0) is 56.5 Å². The molecule has 2 aromatic carbocycles. The fourth-order valence-electron chi connectivity index (χ4n) is 3.94. The second-order valence-electron chi connectivity index (χ2n) is 8.24. The Morgan fingerprint density at radius 2 is 1.63 bits per heavy atom. The number of carbonyl (C=O) groups excluding carboxylic acids is 2. The van der Waals surface area contributed by atoms with Gasteiger partial charge in [-0.1, -0.05) is 30.3 Å². The molecule has 1 aliphatic rings. The van der Waals surface area contributed by atoms with Crippen LogP contribution in [0.25, 0.3) is 0 Å². The Kier molecular flexibility index (Phi) is 9.11. The molecule has 1 heterocycles. The van der Waals surface area contributed by atoms with E-state index in [1.807, 2.05) is 37.3 Å². The monoisotopic (exact) mass is 503 g/mol. The summed E-state index contributed by atoms with van der Waals surface area (Å²) in [6.07, 6.45) is -0.209. The number of hydrogen-bond acceptors (Lipinski definition) is 6. The molecule has 1 N–H and O–H groups in total. The van der Waals surface area contributed by atoms with Gasteiger partial charge in [-0.15, -0.1) is 0 Å². The van der Waals surface area contributed by atoms with Crippen molar-refractivity contribution >= 4 is 22.0 Å². The van der Waals surface area contributed by atoms with Crippen molar-refractivity contribution in [1.82, 2.24) is 14.5 Å². The topological polar surface area (TPSA) is 105 Å². The number of sulfonamides is 1. The second-order valence-corrected chi connectivity index (χ2v) is 9.95. The summed E-state index contributed by atoms with van der Waals surface area (Å²) in [6, 6.07) is 12.9. The molecular formula is C25H33N3O6S. The van der Waals surface area contributed by atoms with E-state index >= 15 is 0 Å². The number of ether oxygens (including phenoxy) is 2. The lowest BCUT2D eigenvalue weighted by Gasteiger charge is -2.36. The van der Waals surface area contributed by atoms with Gasteiger partial charge in [0.25, 0.3) is 0 Å². The minimum absolute atomic E-state index is 0.0662. The van der Waals surface area contributed by atoms with Crippen molar-refractivity contribution in [3.63, 3.8) is 0 Å². The van der Waals surface area contributed by atoms with Gasteiger partial charge in [0, 0.05) is 26.2 Å². The average Bonchev–Trinajstić information content (AvgIpc) is 2.85. The zero-order valence-corrected chi connectivity index (χ0v) is 21.2.